The lowest BCUT2D eigenvalue weighted by molar-refractivity contribution is 0.180. The van der Waals surface area contributed by atoms with Crippen LogP contribution in [0.3, 0.4) is 0 Å². The highest BCUT2D eigenvalue weighted by atomic mass is 127. The van der Waals surface area contributed by atoms with E-state index in [0.29, 0.717) is 0 Å². The molecular weight excluding hydrogens is 437 g/mol. The minimum atomic E-state index is 0. The maximum atomic E-state index is 5.07. The Morgan fingerprint density at radius 3 is 2.71 bits per heavy atom. The van der Waals surface area contributed by atoms with E-state index < -0.39 is 0 Å². The second kappa shape index (κ2) is 14.9. The van der Waals surface area contributed by atoms with Gasteiger partial charge in [-0.05, 0) is 19.9 Å². The number of methoxy groups -OCH3 is 1. The molecule has 0 saturated heterocycles. The zero-order valence-corrected chi connectivity index (χ0v) is 18.4. The summed E-state index contributed by atoms with van der Waals surface area (Å²) in [6.07, 6.45) is 3.00. The molecule has 0 saturated carbocycles. The van der Waals surface area contributed by atoms with Gasteiger partial charge in [0.25, 0.3) is 0 Å². The number of hydrogen-bond acceptors (Lipinski definition) is 5. The molecule has 140 valence electrons. The highest BCUT2D eigenvalue weighted by molar-refractivity contribution is 14.0. The van der Waals surface area contributed by atoms with Gasteiger partial charge >= 0.3 is 0 Å². The lowest BCUT2D eigenvalue weighted by atomic mass is 10.3. The van der Waals surface area contributed by atoms with Crippen LogP contribution in [0.2, 0.25) is 0 Å². The molecule has 0 unspecified atom stereocenters. The first-order chi connectivity index (χ1) is 11.2. The first-order valence-corrected chi connectivity index (χ1v) is 9.12. The number of guanidine groups is 1. The summed E-state index contributed by atoms with van der Waals surface area (Å²) in [6.45, 7) is 6.70. The van der Waals surface area contributed by atoms with Crippen molar-refractivity contribution in [1.82, 2.24) is 20.5 Å². The summed E-state index contributed by atoms with van der Waals surface area (Å²) in [6, 6.07) is 0. The molecule has 0 fully saturated rings. The quantitative estimate of drug-likeness (QED) is 0.225. The average molecular weight is 469 g/mol. The van der Waals surface area contributed by atoms with E-state index >= 15 is 0 Å². The van der Waals surface area contributed by atoms with Crippen molar-refractivity contribution in [2.75, 3.05) is 54.0 Å². The maximum absolute atomic E-state index is 5.07. The molecule has 24 heavy (non-hydrogen) atoms. The molecule has 0 aliphatic rings. The molecular formula is C16H32IN5OS. The molecule has 0 atom stereocenters. The molecule has 1 aromatic heterocycles. The third-order valence-corrected chi connectivity index (χ3v) is 4.52. The molecule has 2 N–H and O–H groups in total. The minimum Gasteiger partial charge on any atom is -0.385 e. The van der Waals surface area contributed by atoms with Gasteiger partial charge in [0.1, 0.15) is 0 Å². The van der Waals surface area contributed by atoms with E-state index in [9.17, 15) is 0 Å². The van der Waals surface area contributed by atoms with Crippen molar-refractivity contribution in [3.8, 4) is 0 Å². The van der Waals surface area contributed by atoms with Gasteiger partial charge < -0.3 is 20.3 Å². The van der Waals surface area contributed by atoms with Crippen molar-refractivity contribution in [1.29, 1.82) is 0 Å². The van der Waals surface area contributed by atoms with Crippen LogP contribution in [0, 0.1) is 0 Å². The van der Waals surface area contributed by atoms with Crippen LogP contribution < -0.4 is 10.6 Å². The number of halogens is 1. The van der Waals surface area contributed by atoms with E-state index in [4.69, 9.17) is 4.74 Å². The fourth-order valence-corrected chi connectivity index (χ4v) is 2.89. The summed E-state index contributed by atoms with van der Waals surface area (Å²) >= 11 is 1.74. The van der Waals surface area contributed by atoms with Crippen molar-refractivity contribution < 1.29 is 4.74 Å². The Morgan fingerprint density at radius 1 is 1.33 bits per heavy atom. The molecule has 6 nitrogen and oxygen atoms in total. The van der Waals surface area contributed by atoms with Crippen molar-refractivity contribution in [2.24, 2.45) is 4.99 Å². The van der Waals surface area contributed by atoms with Gasteiger partial charge in [0, 0.05) is 58.7 Å². The SMILES string of the molecule is CCc1nc(CCNC(=NC)NCCN(C)CCCOC)cs1.I. The molecule has 0 spiro atoms. The standard InChI is InChI=1S/C16H31N5OS.HI/c1-5-15-20-14(13-23-15)7-8-18-16(17-2)19-9-11-21(3)10-6-12-22-4;/h13H,5-12H2,1-4H3,(H2,17,18,19);1H. The molecule has 1 aromatic rings. The highest BCUT2D eigenvalue weighted by Gasteiger charge is 2.02. The predicted molar refractivity (Wildman–Crippen MR) is 114 cm³/mol. The molecule has 0 radical (unpaired) electrons. The van der Waals surface area contributed by atoms with Crippen LogP contribution in [0.4, 0.5) is 0 Å². The van der Waals surface area contributed by atoms with E-state index in [1.165, 1.54) is 5.01 Å². The van der Waals surface area contributed by atoms with Crippen LogP contribution >= 0.6 is 35.3 Å². The third kappa shape index (κ3) is 10.4. The second-order valence-electron chi connectivity index (χ2n) is 5.41. The zero-order chi connectivity index (χ0) is 16.9. The largest absolute Gasteiger partial charge is 0.385 e. The Balaban J connectivity index is 0.00000529. The van der Waals surface area contributed by atoms with Crippen molar-refractivity contribution >= 4 is 41.3 Å². The molecule has 0 aliphatic carbocycles. The third-order valence-electron chi connectivity index (χ3n) is 3.47. The second-order valence-corrected chi connectivity index (χ2v) is 6.35. The smallest absolute Gasteiger partial charge is 0.191 e. The van der Waals surface area contributed by atoms with Crippen LogP contribution in [0.15, 0.2) is 10.4 Å². The predicted octanol–water partition coefficient (Wildman–Crippen LogP) is 2.00. The van der Waals surface area contributed by atoms with Gasteiger partial charge in [0.2, 0.25) is 0 Å². The van der Waals surface area contributed by atoms with Gasteiger partial charge in [0.05, 0.1) is 10.7 Å². The molecule has 1 rings (SSSR count). The van der Waals surface area contributed by atoms with Crippen LogP contribution in [0.5, 0.6) is 0 Å². The van der Waals surface area contributed by atoms with E-state index in [1.54, 1.807) is 25.5 Å². The van der Waals surface area contributed by atoms with Gasteiger partial charge in [-0.25, -0.2) is 4.98 Å². The van der Waals surface area contributed by atoms with Crippen LogP contribution in [-0.4, -0.2) is 69.8 Å². The molecule has 0 aromatic carbocycles. The number of thiazole rings is 1. The van der Waals surface area contributed by atoms with Gasteiger partial charge in [-0.2, -0.15) is 0 Å². The number of nitrogens with one attached hydrogen (secondary N) is 2. The summed E-state index contributed by atoms with van der Waals surface area (Å²) in [7, 11) is 5.67. The van der Waals surface area contributed by atoms with E-state index in [2.05, 4.69) is 44.9 Å². The van der Waals surface area contributed by atoms with E-state index in [1.807, 2.05) is 0 Å². The summed E-state index contributed by atoms with van der Waals surface area (Å²) in [4.78, 5) is 11.1. The molecule has 0 amide bonds. The van der Waals surface area contributed by atoms with E-state index in [-0.39, 0.29) is 24.0 Å². The Bertz CT molecular complexity index is 455. The van der Waals surface area contributed by atoms with Gasteiger partial charge in [-0.3, -0.25) is 4.99 Å². The van der Waals surface area contributed by atoms with Crippen molar-refractivity contribution in [2.45, 2.75) is 26.2 Å². The topological polar surface area (TPSA) is 61.8 Å². The number of likely N-dealkylation sites (N-methyl/N-ethyl adjacent to an activating group) is 1. The lowest BCUT2D eigenvalue weighted by Crippen LogP contribution is -2.41. The minimum absolute atomic E-state index is 0. The molecule has 0 bridgehead atoms. The summed E-state index contributed by atoms with van der Waals surface area (Å²) in [5.74, 6) is 0.848. The summed E-state index contributed by atoms with van der Waals surface area (Å²) in [5, 5.41) is 10.0. The van der Waals surface area contributed by atoms with Crippen LogP contribution in [-0.2, 0) is 17.6 Å². The number of nitrogens with zero attached hydrogens (tertiary/aromatic N) is 3. The van der Waals surface area contributed by atoms with Crippen LogP contribution in [0.1, 0.15) is 24.0 Å². The first kappa shape index (κ1) is 23.5. The Hall–Kier alpha value is -0.450. The fraction of sp³-hybridized carbons (Fsp3) is 0.750. The Kier molecular flexibility index (Phi) is 14.6. The number of rotatable bonds is 11. The number of hydrogen-bond donors (Lipinski definition) is 2. The first-order valence-electron chi connectivity index (χ1n) is 8.24. The number of aromatic nitrogens is 1. The summed E-state index contributed by atoms with van der Waals surface area (Å²) in [5.41, 5.74) is 1.16. The summed E-state index contributed by atoms with van der Waals surface area (Å²) < 4.78 is 5.07. The van der Waals surface area contributed by atoms with Crippen molar-refractivity contribution in [3.63, 3.8) is 0 Å². The Morgan fingerprint density at radius 2 is 2.08 bits per heavy atom. The van der Waals surface area contributed by atoms with Gasteiger partial charge in [-0.15, -0.1) is 35.3 Å². The molecule has 8 heteroatoms. The highest BCUT2D eigenvalue weighted by Crippen LogP contribution is 2.10. The molecule has 1 heterocycles. The average Bonchev–Trinajstić information content (AvgIpc) is 3.01. The van der Waals surface area contributed by atoms with Gasteiger partial charge in [-0.1, -0.05) is 6.92 Å². The number of aliphatic imine (C=N–C) groups is 1. The lowest BCUT2D eigenvalue weighted by Gasteiger charge is -2.18. The fourth-order valence-electron chi connectivity index (χ4n) is 2.11. The maximum Gasteiger partial charge on any atom is 0.191 e. The number of ether oxygens (including phenoxy) is 1. The monoisotopic (exact) mass is 469 g/mol. The molecule has 0 aliphatic heterocycles. The van der Waals surface area contributed by atoms with Crippen molar-refractivity contribution in [3.05, 3.63) is 16.1 Å². The zero-order valence-electron chi connectivity index (χ0n) is 15.3. The normalized spacial score (nSPS) is 11.5. The van der Waals surface area contributed by atoms with Crippen LogP contribution in [0.25, 0.3) is 0 Å². The van der Waals surface area contributed by atoms with Gasteiger partial charge in [0.15, 0.2) is 5.96 Å². The number of aryl methyl sites for hydroxylation is 1. The van der Waals surface area contributed by atoms with E-state index in [0.717, 1.165) is 63.7 Å². The Labute approximate surface area is 167 Å².